The van der Waals surface area contributed by atoms with Gasteiger partial charge in [0.15, 0.2) is 0 Å². The first-order valence-electron chi connectivity index (χ1n) is 4.96. The summed E-state index contributed by atoms with van der Waals surface area (Å²) in [5.74, 6) is 1.33. The number of aromatic nitrogens is 1. The average Bonchev–Trinajstić information content (AvgIpc) is 2.76. The van der Waals surface area contributed by atoms with E-state index < -0.39 is 0 Å². The van der Waals surface area contributed by atoms with Crippen LogP contribution < -0.4 is 17.1 Å². The second-order valence-corrected chi connectivity index (χ2v) is 4.68. The first-order chi connectivity index (χ1) is 7.78. The molecule has 0 spiro atoms. The molecule has 92 valence electrons. The van der Waals surface area contributed by atoms with Crippen LogP contribution in [0.4, 0.5) is 0 Å². The third-order valence-electron chi connectivity index (χ3n) is 2.12. The molecule has 17 heavy (non-hydrogen) atoms. The van der Waals surface area contributed by atoms with Crippen LogP contribution in [0.5, 0.6) is 5.75 Å². The third kappa shape index (κ3) is 4.19. The number of hydrogen-bond donors (Lipinski definition) is 0. The zero-order valence-corrected chi connectivity index (χ0v) is 11.6. The molecule has 1 aromatic carbocycles. The van der Waals surface area contributed by atoms with Gasteiger partial charge in [-0.3, -0.25) is 0 Å². The van der Waals surface area contributed by atoms with Crippen molar-refractivity contribution in [2.24, 2.45) is 0 Å². The zero-order valence-electron chi connectivity index (χ0n) is 9.32. The monoisotopic (exact) mass is 288 g/mol. The van der Waals surface area contributed by atoms with Gasteiger partial charge in [-0.25, -0.2) is 4.98 Å². The number of nitrogens with zero attached hydrogens (tertiary/aromatic N) is 1. The van der Waals surface area contributed by atoms with E-state index in [2.05, 4.69) is 11.9 Å². The number of alkyl halides is 1. The molecular weight excluding hydrogens is 277 g/mol. The fraction of sp³-hybridized carbons (Fsp3) is 0.250. The Morgan fingerprint density at radius 1 is 1.29 bits per heavy atom. The van der Waals surface area contributed by atoms with Crippen molar-refractivity contribution in [3.05, 3.63) is 45.9 Å². The summed E-state index contributed by atoms with van der Waals surface area (Å²) in [7, 11) is 0. The fourth-order valence-electron chi connectivity index (χ4n) is 1.26. The molecule has 0 amide bonds. The quantitative estimate of drug-likeness (QED) is 0.776. The summed E-state index contributed by atoms with van der Waals surface area (Å²) >= 11 is 7.25. The molecule has 1 aromatic heterocycles. The minimum atomic E-state index is 0. The molecule has 0 bridgehead atoms. The van der Waals surface area contributed by atoms with E-state index in [9.17, 15) is 0 Å². The third-order valence-corrected chi connectivity index (χ3v) is 3.26. The Labute approximate surface area is 116 Å². The highest BCUT2D eigenvalue weighted by atomic mass is 35.5. The van der Waals surface area contributed by atoms with Gasteiger partial charge in [-0.15, -0.1) is 22.9 Å². The first kappa shape index (κ1) is 14.3. The van der Waals surface area contributed by atoms with Gasteiger partial charge in [0.1, 0.15) is 17.4 Å². The number of ether oxygens (including phenoxy) is 1. The number of thiazole rings is 1. The maximum Gasteiger partial charge on any atom is 0.140 e. The Morgan fingerprint density at radius 3 is 2.59 bits per heavy atom. The summed E-state index contributed by atoms with van der Waals surface area (Å²) in [6.07, 6.45) is 0. The minimum Gasteiger partial charge on any atom is -1.00 e. The van der Waals surface area contributed by atoms with E-state index in [1.165, 1.54) is 5.56 Å². The highest BCUT2D eigenvalue weighted by Gasteiger charge is 2.01. The van der Waals surface area contributed by atoms with Crippen molar-refractivity contribution in [3.63, 3.8) is 0 Å². The predicted molar refractivity (Wildman–Crippen MR) is 67.2 cm³/mol. The van der Waals surface area contributed by atoms with E-state index in [-0.39, 0.29) is 12.4 Å². The fourth-order valence-corrected chi connectivity index (χ4v) is 2.19. The Hall–Kier alpha value is -0.770. The van der Waals surface area contributed by atoms with Crippen molar-refractivity contribution < 1.29 is 17.1 Å². The van der Waals surface area contributed by atoms with Gasteiger partial charge >= 0.3 is 0 Å². The molecule has 2 aromatic rings. The van der Waals surface area contributed by atoms with E-state index >= 15 is 0 Å². The number of aryl methyl sites for hydroxylation is 1. The van der Waals surface area contributed by atoms with E-state index in [0.29, 0.717) is 12.5 Å². The van der Waals surface area contributed by atoms with Gasteiger partial charge in [-0.2, -0.15) is 0 Å². The van der Waals surface area contributed by atoms with Crippen molar-refractivity contribution in [1.29, 1.82) is 0 Å². The van der Waals surface area contributed by atoms with Crippen LogP contribution in [0.15, 0.2) is 29.6 Å². The van der Waals surface area contributed by atoms with Crippen LogP contribution >= 0.6 is 22.9 Å². The molecule has 0 radical (unpaired) electrons. The number of hydrogen-bond acceptors (Lipinski definition) is 3. The second-order valence-electron chi connectivity index (χ2n) is 3.47. The van der Waals surface area contributed by atoms with Gasteiger partial charge in [0.2, 0.25) is 0 Å². The smallest absolute Gasteiger partial charge is 0.140 e. The number of halogens is 2. The summed E-state index contributed by atoms with van der Waals surface area (Å²) in [4.78, 5) is 4.32. The van der Waals surface area contributed by atoms with Gasteiger partial charge in [0.05, 0.1) is 11.6 Å². The normalized spacial score (nSPS) is 9.76. The molecule has 0 atom stereocenters. The van der Waals surface area contributed by atoms with Crippen molar-refractivity contribution in [3.8, 4) is 5.75 Å². The lowest BCUT2D eigenvalue weighted by atomic mass is 10.2. The molecule has 1 heterocycles. The van der Waals surface area contributed by atoms with Crippen molar-refractivity contribution in [2.45, 2.75) is 19.4 Å². The standard InChI is InChI=1S/C12H12ClNOS.ClH/c1-9-2-4-11(5-3-9)15-7-12-14-10(6-13)8-16-12;/h2-5,8H,6-7H2,1H3;1H/p-1. The maximum atomic E-state index is 5.68. The Morgan fingerprint density at radius 2 is 2.00 bits per heavy atom. The molecule has 5 heteroatoms. The molecule has 2 nitrogen and oxygen atoms in total. The molecule has 0 unspecified atom stereocenters. The maximum absolute atomic E-state index is 5.68. The lowest BCUT2D eigenvalue weighted by Gasteiger charge is -2.03. The summed E-state index contributed by atoms with van der Waals surface area (Å²) in [5.41, 5.74) is 2.14. The van der Waals surface area contributed by atoms with Gasteiger partial charge < -0.3 is 17.1 Å². The van der Waals surface area contributed by atoms with E-state index in [1.54, 1.807) is 11.3 Å². The molecule has 0 aliphatic carbocycles. The predicted octanol–water partition coefficient (Wildman–Crippen LogP) is 0.773. The van der Waals surface area contributed by atoms with Crippen molar-refractivity contribution in [2.75, 3.05) is 0 Å². The first-order valence-corrected chi connectivity index (χ1v) is 6.38. The molecule has 2 rings (SSSR count). The summed E-state index contributed by atoms with van der Waals surface area (Å²) in [6, 6.07) is 7.99. The summed E-state index contributed by atoms with van der Waals surface area (Å²) in [6.45, 7) is 2.56. The minimum absolute atomic E-state index is 0. The van der Waals surface area contributed by atoms with Crippen molar-refractivity contribution >= 4 is 22.9 Å². The van der Waals surface area contributed by atoms with Crippen LogP contribution in [-0.2, 0) is 12.5 Å². The number of benzene rings is 1. The van der Waals surface area contributed by atoms with E-state index in [4.69, 9.17) is 16.3 Å². The highest BCUT2D eigenvalue weighted by Crippen LogP contribution is 2.16. The molecule has 0 saturated carbocycles. The SMILES string of the molecule is Cc1ccc(OCc2nc(CCl)cs2)cc1.[Cl-]. The topological polar surface area (TPSA) is 22.1 Å². The van der Waals surface area contributed by atoms with Gasteiger partial charge in [-0.1, -0.05) is 17.7 Å². The second kappa shape index (κ2) is 6.84. The molecule has 0 aliphatic heterocycles. The lowest BCUT2D eigenvalue weighted by Crippen LogP contribution is -3.00. The summed E-state index contributed by atoms with van der Waals surface area (Å²) in [5, 5.41) is 2.91. The molecule has 0 saturated heterocycles. The van der Waals surface area contributed by atoms with Crippen LogP contribution in [0, 0.1) is 6.92 Å². The van der Waals surface area contributed by atoms with Crippen LogP contribution in [0.25, 0.3) is 0 Å². The molecule has 0 aliphatic rings. The van der Waals surface area contributed by atoms with Crippen molar-refractivity contribution in [1.82, 2.24) is 4.98 Å². The molecular formula is C12H12Cl2NOS-. The average molecular weight is 289 g/mol. The number of rotatable bonds is 4. The zero-order chi connectivity index (χ0) is 11.4. The van der Waals surface area contributed by atoms with Gasteiger partial charge in [0.25, 0.3) is 0 Å². The Balaban J connectivity index is 0.00000144. The summed E-state index contributed by atoms with van der Waals surface area (Å²) < 4.78 is 5.61. The van der Waals surface area contributed by atoms with E-state index in [0.717, 1.165) is 16.5 Å². The van der Waals surface area contributed by atoms with E-state index in [1.807, 2.05) is 29.6 Å². The van der Waals surface area contributed by atoms with Crippen LogP contribution in [-0.4, -0.2) is 4.98 Å². The highest BCUT2D eigenvalue weighted by molar-refractivity contribution is 7.09. The lowest BCUT2D eigenvalue weighted by molar-refractivity contribution is -0.00000365. The van der Waals surface area contributed by atoms with Crippen LogP contribution in [0.2, 0.25) is 0 Å². The van der Waals surface area contributed by atoms with Crippen LogP contribution in [0.1, 0.15) is 16.3 Å². The molecule has 0 fully saturated rings. The molecule has 0 N–H and O–H groups in total. The van der Waals surface area contributed by atoms with Gasteiger partial charge in [0, 0.05) is 5.38 Å². The Bertz CT molecular complexity index is 456. The Kier molecular flexibility index (Phi) is 5.75. The van der Waals surface area contributed by atoms with Gasteiger partial charge in [-0.05, 0) is 19.1 Å². The van der Waals surface area contributed by atoms with Crippen LogP contribution in [0.3, 0.4) is 0 Å². The largest absolute Gasteiger partial charge is 1.00 e.